The number of nitrogens with one attached hydrogen (secondary N) is 1. The van der Waals surface area contributed by atoms with E-state index in [0.29, 0.717) is 6.42 Å². The van der Waals surface area contributed by atoms with Gasteiger partial charge in [-0.25, -0.2) is 0 Å². The topological polar surface area (TPSA) is 32.3 Å². The third-order valence-electron chi connectivity index (χ3n) is 4.98. The molecule has 0 spiro atoms. The third kappa shape index (κ3) is 23.4. The number of hydrogen-bond acceptors (Lipinski definition) is 2. The maximum atomic E-state index is 11.8. The summed E-state index contributed by atoms with van der Waals surface area (Å²) in [5, 5.41) is 3.08. The maximum Gasteiger partial charge on any atom is 0.220 e. The van der Waals surface area contributed by atoms with Crippen molar-refractivity contribution in [2.24, 2.45) is 5.92 Å². The van der Waals surface area contributed by atoms with Crippen molar-refractivity contribution in [1.29, 1.82) is 0 Å². The minimum absolute atomic E-state index is 0. The fraction of sp³-hybridized carbons (Fsp3) is 0.917. The Balaban J connectivity index is 0. The van der Waals surface area contributed by atoms with Crippen molar-refractivity contribution in [1.82, 2.24) is 10.2 Å². The van der Waals surface area contributed by atoms with E-state index in [0.717, 1.165) is 18.9 Å². The van der Waals surface area contributed by atoms with E-state index in [4.69, 9.17) is 0 Å². The van der Waals surface area contributed by atoms with Crippen molar-refractivity contribution in [3.8, 4) is 0 Å². The van der Waals surface area contributed by atoms with E-state index in [1.807, 2.05) is 14.1 Å². The number of unbranched alkanes of at least 4 members (excludes halogenated alkanes) is 11. The second-order valence-electron chi connectivity index (χ2n) is 8.91. The molecule has 1 unspecified atom stereocenters. The van der Waals surface area contributed by atoms with Crippen LogP contribution in [-0.2, 0) is 4.79 Å². The predicted molar refractivity (Wildman–Crippen MR) is 122 cm³/mol. The second kappa shape index (κ2) is 20.2. The summed E-state index contributed by atoms with van der Waals surface area (Å²) in [7, 11) is 4.08. The Kier molecular flexibility index (Phi) is 21.4. The van der Waals surface area contributed by atoms with Gasteiger partial charge in [0, 0.05) is 19.0 Å². The third-order valence-corrected chi connectivity index (χ3v) is 4.98. The van der Waals surface area contributed by atoms with Crippen LogP contribution in [0.4, 0.5) is 0 Å². The first kappa shape index (κ1) is 28.6. The number of hydrogen-bond donors (Lipinski definition) is 1. The van der Waals surface area contributed by atoms with Crippen molar-refractivity contribution in [2.45, 2.75) is 117 Å². The number of rotatable bonds is 18. The van der Waals surface area contributed by atoms with E-state index in [1.54, 1.807) is 0 Å². The van der Waals surface area contributed by atoms with Crippen molar-refractivity contribution in [3.05, 3.63) is 7.43 Å². The van der Waals surface area contributed by atoms with Gasteiger partial charge in [-0.15, -0.1) is 0 Å². The lowest BCUT2D eigenvalue weighted by atomic mass is 10.0. The largest absolute Gasteiger partial charge is 0.352 e. The SMILES string of the molecule is CC(C)CCCCCCCCCCCCCCC(=O)NC(C)CN(C)C.[CH3]. The number of amides is 1. The molecule has 1 amide bonds. The summed E-state index contributed by atoms with van der Waals surface area (Å²) in [6.45, 7) is 7.62. The van der Waals surface area contributed by atoms with Crippen molar-refractivity contribution < 1.29 is 4.79 Å². The molecular formula is C24H51N2O. The molecule has 0 fully saturated rings. The second-order valence-corrected chi connectivity index (χ2v) is 8.91. The Hall–Kier alpha value is -0.570. The van der Waals surface area contributed by atoms with E-state index in [-0.39, 0.29) is 19.4 Å². The van der Waals surface area contributed by atoms with Crippen LogP contribution < -0.4 is 5.32 Å². The number of carbonyl (C=O) groups excluding carboxylic acids is 1. The average Bonchev–Trinajstić information content (AvgIpc) is 2.53. The summed E-state index contributed by atoms with van der Waals surface area (Å²) >= 11 is 0. The molecule has 0 aromatic heterocycles. The first-order valence-electron chi connectivity index (χ1n) is 11.4. The molecule has 1 radical (unpaired) electrons. The molecule has 0 rings (SSSR count). The first-order valence-corrected chi connectivity index (χ1v) is 11.4. The Bertz CT molecular complexity index is 316. The maximum absolute atomic E-state index is 11.8. The number of carbonyl (C=O) groups is 1. The summed E-state index contributed by atoms with van der Waals surface area (Å²) in [6, 6.07) is 0.243. The van der Waals surface area contributed by atoms with Crippen LogP contribution in [0.5, 0.6) is 0 Å². The average molecular weight is 384 g/mol. The molecule has 163 valence electrons. The van der Waals surface area contributed by atoms with Crippen LogP contribution in [0.1, 0.15) is 111 Å². The molecule has 0 aliphatic rings. The molecule has 0 aliphatic carbocycles. The summed E-state index contributed by atoms with van der Waals surface area (Å²) in [6.07, 6.45) is 18.3. The fourth-order valence-corrected chi connectivity index (χ4v) is 3.55. The molecule has 27 heavy (non-hydrogen) atoms. The normalized spacial score (nSPS) is 12.3. The summed E-state index contributed by atoms with van der Waals surface area (Å²) < 4.78 is 0. The number of likely N-dealkylation sites (N-methyl/N-ethyl adjacent to an activating group) is 1. The minimum Gasteiger partial charge on any atom is -0.352 e. The van der Waals surface area contributed by atoms with E-state index >= 15 is 0 Å². The van der Waals surface area contributed by atoms with Gasteiger partial charge in [0.15, 0.2) is 0 Å². The van der Waals surface area contributed by atoms with Crippen LogP contribution in [-0.4, -0.2) is 37.5 Å². The lowest BCUT2D eigenvalue weighted by Gasteiger charge is -2.18. The van der Waals surface area contributed by atoms with Gasteiger partial charge < -0.3 is 10.2 Å². The Morgan fingerprint density at radius 2 is 1.15 bits per heavy atom. The Morgan fingerprint density at radius 3 is 1.56 bits per heavy atom. The van der Waals surface area contributed by atoms with Crippen molar-refractivity contribution in [3.63, 3.8) is 0 Å². The zero-order chi connectivity index (χ0) is 19.6. The molecule has 1 N–H and O–H groups in total. The van der Waals surface area contributed by atoms with Gasteiger partial charge in [0.2, 0.25) is 5.91 Å². The molecule has 3 heteroatoms. The van der Waals surface area contributed by atoms with Crippen molar-refractivity contribution in [2.75, 3.05) is 20.6 Å². The summed E-state index contributed by atoms with van der Waals surface area (Å²) in [5.74, 6) is 1.09. The van der Waals surface area contributed by atoms with Crippen LogP contribution >= 0.6 is 0 Å². The van der Waals surface area contributed by atoms with Gasteiger partial charge in [-0.2, -0.15) is 0 Å². The molecule has 3 nitrogen and oxygen atoms in total. The van der Waals surface area contributed by atoms with Crippen LogP contribution in [0, 0.1) is 13.3 Å². The van der Waals surface area contributed by atoms with Crippen LogP contribution in [0.15, 0.2) is 0 Å². The first-order chi connectivity index (χ1) is 12.4. The van der Waals surface area contributed by atoms with Gasteiger partial charge in [0.1, 0.15) is 0 Å². The standard InChI is InChI=1S/C23H48N2O.CH3/c1-21(2)18-16-14-12-10-8-6-7-9-11-13-15-17-19-23(26)24-22(3)20-25(4)5;/h21-22H,6-20H2,1-5H3,(H,24,26);1H3. The molecule has 0 aromatic carbocycles. The van der Waals surface area contributed by atoms with Gasteiger partial charge in [-0.1, -0.05) is 98.3 Å². The highest BCUT2D eigenvalue weighted by molar-refractivity contribution is 5.76. The molecule has 0 aliphatic heterocycles. The van der Waals surface area contributed by atoms with E-state index in [9.17, 15) is 4.79 Å². The van der Waals surface area contributed by atoms with Crippen molar-refractivity contribution >= 4 is 5.91 Å². The highest BCUT2D eigenvalue weighted by Crippen LogP contribution is 2.14. The smallest absolute Gasteiger partial charge is 0.220 e. The monoisotopic (exact) mass is 383 g/mol. The van der Waals surface area contributed by atoms with Crippen LogP contribution in [0.2, 0.25) is 0 Å². The molecule has 0 heterocycles. The van der Waals surface area contributed by atoms with Crippen LogP contribution in [0.25, 0.3) is 0 Å². The molecule has 0 aromatic rings. The van der Waals surface area contributed by atoms with Gasteiger partial charge in [-0.05, 0) is 33.4 Å². The van der Waals surface area contributed by atoms with Gasteiger partial charge in [0.25, 0.3) is 0 Å². The Morgan fingerprint density at radius 1 is 0.741 bits per heavy atom. The lowest BCUT2D eigenvalue weighted by molar-refractivity contribution is -0.121. The van der Waals surface area contributed by atoms with Gasteiger partial charge in [-0.3, -0.25) is 4.79 Å². The molecule has 0 saturated heterocycles. The fourth-order valence-electron chi connectivity index (χ4n) is 3.55. The molecular weight excluding hydrogens is 332 g/mol. The molecule has 0 bridgehead atoms. The molecule has 1 atom stereocenters. The van der Waals surface area contributed by atoms with E-state index < -0.39 is 0 Å². The van der Waals surface area contributed by atoms with Gasteiger partial charge in [0.05, 0.1) is 0 Å². The minimum atomic E-state index is 0. The summed E-state index contributed by atoms with van der Waals surface area (Å²) in [5.41, 5.74) is 0. The highest BCUT2D eigenvalue weighted by atomic mass is 16.1. The lowest BCUT2D eigenvalue weighted by Crippen LogP contribution is -2.39. The zero-order valence-electron chi connectivity index (χ0n) is 19.6. The van der Waals surface area contributed by atoms with Crippen LogP contribution in [0.3, 0.4) is 0 Å². The predicted octanol–water partition coefficient (Wildman–Crippen LogP) is 6.62. The highest BCUT2D eigenvalue weighted by Gasteiger charge is 2.07. The number of nitrogens with zero attached hydrogens (tertiary/aromatic N) is 1. The van der Waals surface area contributed by atoms with Gasteiger partial charge >= 0.3 is 0 Å². The summed E-state index contributed by atoms with van der Waals surface area (Å²) in [4.78, 5) is 13.9. The quantitative estimate of drug-likeness (QED) is 0.270. The Labute approximate surface area is 172 Å². The zero-order valence-corrected chi connectivity index (χ0v) is 19.6. The molecule has 0 saturated carbocycles. The van der Waals surface area contributed by atoms with E-state index in [1.165, 1.54) is 77.0 Å². The van der Waals surface area contributed by atoms with E-state index in [2.05, 4.69) is 31.0 Å².